The molecule has 0 aliphatic carbocycles. The first-order valence-corrected chi connectivity index (χ1v) is 6.25. The number of hydrogen-bond donors (Lipinski definition) is 0. The van der Waals surface area contributed by atoms with Gasteiger partial charge in [-0.15, -0.1) is 10.2 Å². The molecule has 1 aromatic carbocycles. The van der Waals surface area contributed by atoms with Crippen LogP contribution in [-0.2, 0) is 6.54 Å². The van der Waals surface area contributed by atoms with Gasteiger partial charge < -0.3 is 8.98 Å². The fraction of sp³-hybridized carbons (Fsp3) is 0.286. The first-order chi connectivity index (χ1) is 8.90. The lowest BCUT2D eigenvalue weighted by atomic mass is 10.2. The fourth-order valence-electron chi connectivity index (χ4n) is 2.23. The molecule has 4 heteroatoms. The smallest absolute Gasteiger partial charge is 0.264 e. The van der Waals surface area contributed by atoms with Crippen LogP contribution in [0.25, 0.3) is 22.5 Å². The summed E-state index contributed by atoms with van der Waals surface area (Å²) in [5.41, 5.74) is 2.22. The van der Waals surface area contributed by atoms with E-state index in [2.05, 4.69) is 46.0 Å². The highest BCUT2D eigenvalue weighted by molar-refractivity contribution is 5.85. The second-order valence-corrected chi connectivity index (χ2v) is 4.34. The van der Waals surface area contributed by atoms with Crippen molar-refractivity contribution < 1.29 is 4.42 Å². The molecular formula is C14H15N3O. The summed E-state index contributed by atoms with van der Waals surface area (Å²) in [7, 11) is 0. The number of fused-ring (bicyclic) bond motifs is 1. The van der Waals surface area contributed by atoms with E-state index in [-0.39, 0.29) is 0 Å². The van der Waals surface area contributed by atoms with Gasteiger partial charge in [-0.3, -0.25) is 0 Å². The number of nitrogens with zero attached hydrogens (tertiary/aromatic N) is 3. The Morgan fingerprint density at radius 1 is 1.28 bits per heavy atom. The van der Waals surface area contributed by atoms with Gasteiger partial charge in [-0.1, -0.05) is 31.5 Å². The summed E-state index contributed by atoms with van der Waals surface area (Å²) in [4.78, 5) is 0. The van der Waals surface area contributed by atoms with Crippen LogP contribution in [0, 0.1) is 0 Å². The van der Waals surface area contributed by atoms with Crippen LogP contribution in [0.2, 0.25) is 0 Å². The van der Waals surface area contributed by atoms with E-state index in [9.17, 15) is 0 Å². The van der Waals surface area contributed by atoms with Gasteiger partial charge in [0.15, 0.2) is 0 Å². The zero-order chi connectivity index (χ0) is 12.4. The van der Waals surface area contributed by atoms with Crippen molar-refractivity contribution >= 4 is 10.9 Å². The number of aryl methyl sites for hydroxylation is 1. The summed E-state index contributed by atoms with van der Waals surface area (Å²) in [6, 6.07) is 10.5. The van der Waals surface area contributed by atoms with Crippen LogP contribution in [0.4, 0.5) is 0 Å². The van der Waals surface area contributed by atoms with E-state index in [0.29, 0.717) is 5.89 Å². The number of unbranched alkanes of at least 4 members (excludes halogenated alkanes) is 1. The van der Waals surface area contributed by atoms with Gasteiger partial charge in [-0.05, 0) is 18.6 Å². The standard InChI is InChI=1S/C14H15N3O/c1-2-3-8-17-12-7-5-4-6-11(12)9-13(17)14-16-15-10-18-14/h4-7,9-10H,2-3,8H2,1H3. The lowest BCUT2D eigenvalue weighted by Crippen LogP contribution is -1.99. The van der Waals surface area contributed by atoms with E-state index >= 15 is 0 Å². The molecule has 2 aromatic heterocycles. The molecule has 0 saturated carbocycles. The van der Waals surface area contributed by atoms with Crippen LogP contribution < -0.4 is 0 Å². The minimum Gasteiger partial charge on any atom is -0.422 e. The quantitative estimate of drug-likeness (QED) is 0.702. The Balaban J connectivity index is 2.17. The molecule has 92 valence electrons. The van der Waals surface area contributed by atoms with Gasteiger partial charge in [0.1, 0.15) is 5.69 Å². The molecule has 3 aromatic rings. The first-order valence-electron chi connectivity index (χ1n) is 6.25. The lowest BCUT2D eigenvalue weighted by molar-refractivity contribution is 0.556. The Bertz CT molecular complexity index is 640. The van der Waals surface area contributed by atoms with Gasteiger partial charge in [0.25, 0.3) is 5.89 Å². The van der Waals surface area contributed by atoms with Crippen LogP contribution in [0.15, 0.2) is 41.1 Å². The first kappa shape index (κ1) is 11.0. The van der Waals surface area contributed by atoms with Crippen LogP contribution in [-0.4, -0.2) is 14.8 Å². The van der Waals surface area contributed by atoms with Gasteiger partial charge >= 0.3 is 0 Å². The average Bonchev–Trinajstić information content (AvgIpc) is 3.03. The van der Waals surface area contributed by atoms with E-state index < -0.39 is 0 Å². The number of para-hydroxylation sites is 1. The number of aromatic nitrogens is 3. The largest absolute Gasteiger partial charge is 0.422 e. The summed E-state index contributed by atoms with van der Waals surface area (Å²) in [6.07, 6.45) is 3.67. The molecule has 0 radical (unpaired) electrons. The van der Waals surface area contributed by atoms with Gasteiger partial charge in [0.2, 0.25) is 6.39 Å². The molecule has 0 fully saturated rings. The van der Waals surface area contributed by atoms with Crippen molar-refractivity contribution in [3.05, 3.63) is 36.7 Å². The minimum atomic E-state index is 0.585. The van der Waals surface area contributed by atoms with Crippen molar-refractivity contribution in [1.82, 2.24) is 14.8 Å². The van der Waals surface area contributed by atoms with E-state index in [1.807, 2.05) is 6.07 Å². The molecule has 2 heterocycles. The molecule has 0 bridgehead atoms. The Hall–Kier alpha value is -2.10. The van der Waals surface area contributed by atoms with Gasteiger partial charge in [0.05, 0.1) is 0 Å². The molecule has 0 amide bonds. The monoisotopic (exact) mass is 241 g/mol. The Morgan fingerprint density at radius 3 is 2.94 bits per heavy atom. The van der Waals surface area contributed by atoms with Crippen molar-refractivity contribution in [2.45, 2.75) is 26.3 Å². The molecule has 0 aliphatic heterocycles. The van der Waals surface area contributed by atoms with Gasteiger partial charge in [-0.2, -0.15) is 0 Å². The Morgan fingerprint density at radius 2 is 2.17 bits per heavy atom. The highest BCUT2D eigenvalue weighted by atomic mass is 16.4. The molecule has 18 heavy (non-hydrogen) atoms. The summed E-state index contributed by atoms with van der Waals surface area (Å²) in [6.45, 7) is 3.17. The molecular weight excluding hydrogens is 226 g/mol. The second kappa shape index (κ2) is 4.64. The molecule has 0 atom stereocenters. The van der Waals surface area contributed by atoms with E-state index in [4.69, 9.17) is 4.42 Å². The molecule has 0 aliphatic rings. The highest BCUT2D eigenvalue weighted by Gasteiger charge is 2.13. The maximum absolute atomic E-state index is 5.33. The minimum absolute atomic E-state index is 0.585. The van der Waals surface area contributed by atoms with Crippen LogP contribution >= 0.6 is 0 Å². The van der Waals surface area contributed by atoms with Crippen LogP contribution in [0.5, 0.6) is 0 Å². The molecule has 0 N–H and O–H groups in total. The van der Waals surface area contributed by atoms with Crippen molar-refractivity contribution in [2.75, 3.05) is 0 Å². The second-order valence-electron chi connectivity index (χ2n) is 4.34. The maximum atomic E-state index is 5.33. The Kier molecular flexibility index (Phi) is 2.84. The maximum Gasteiger partial charge on any atom is 0.264 e. The molecule has 0 saturated heterocycles. The van der Waals surface area contributed by atoms with Crippen molar-refractivity contribution in [3.63, 3.8) is 0 Å². The number of hydrogen-bond acceptors (Lipinski definition) is 3. The third kappa shape index (κ3) is 1.79. The predicted octanol–water partition coefficient (Wildman–Crippen LogP) is 3.49. The van der Waals surface area contributed by atoms with Crippen LogP contribution in [0.1, 0.15) is 19.8 Å². The topological polar surface area (TPSA) is 43.9 Å². The average molecular weight is 241 g/mol. The van der Waals surface area contributed by atoms with Gasteiger partial charge in [-0.25, -0.2) is 0 Å². The zero-order valence-corrected chi connectivity index (χ0v) is 10.3. The fourth-order valence-corrected chi connectivity index (χ4v) is 2.23. The predicted molar refractivity (Wildman–Crippen MR) is 70.1 cm³/mol. The van der Waals surface area contributed by atoms with Crippen molar-refractivity contribution in [3.8, 4) is 11.6 Å². The summed E-state index contributed by atoms with van der Waals surface area (Å²) in [5, 5.41) is 8.98. The van der Waals surface area contributed by atoms with Gasteiger partial charge in [0, 0.05) is 17.4 Å². The number of benzene rings is 1. The highest BCUT2D eigenvalue weighted by Crippen LogP contribution is 2.27. The normalized spacial score (nSPS) is 11.2. The SMILES string of the molecule is CCCCn1c(-c2nnco2)cc2ccccc21. The molecule has 0 unspecified atom stereocenters. The molecule has 0 spiro atoms. The van der Waals surface area contributed by atoms with E-state index in [1.54, 1.807) is 0 Å². The third-order valence-electron chi connectivity index (χ3n) is 3.12. The summed E-state index contributed by atoms with van der Waals surface area (Å²) in [5.74, 6) is 0.585. The van der Waals surface area contributed by atoms with E-state index in [0.717, 1.165) is 25.1 Å². The third-order valence-corrected chi connectivity index (χ3v) is 3.12. The molecule has 3 rings (SSSR count). The van der Waals surface area contributed by atoms with Crippen molar-refractivity contribution in [1.29, 1.82) is 0 Å². The summed E-state index contributed by atoms with van der Waals surface area (Å²) < 4.78 is 7.58. The van der Waals surface area contributed by atoms with Crippen molar-refractivity contribution in [2.24, 2.45) is 0 Å². The number of rotatable bonds is 4. The van der Waals surface area contributed by atoms with Crippen LogP contribution in [0.3, 0.4) is 0 Å². The summed E-state index contributed by atoms with van der Waals surface area (Å²) >= 11 is 0. The molecule has 4 nitrogen and oxygen atoms in total. The Labute approximate surface area is 105 Å². The van der Waals surface area contributed by atoms with E-state index in [1.165, 1.54) is 17.3 Å². The lowest BCUT2D eigenvalue weighted by Gasteiger charge is -2.07. The zero-order valence-electron chi connectivity index (χ0n) is 10.3.